The van der Waals surface area contributed by atoms with E-state index in [0.29, 0.717) is 30.5 Å². The molecule has 4 rings (SSSR count). The van der Waals surface area contributed by atoms with Crippen molar-refractivity contribution >= 4 is 0 Å². The summed E-state index contributed by atoms with van der Waals surface area (Å²) < 4.78 is 27.2. The Hall–Kier alpha value is -4.22. The van der Waals surface area contributed by atoms with Gasteiger partial charge in [-0.1, -0.05) is 23.7 Å². The van der Waals surface area contributed by atoms with Crippen LogP contribution in [0.2, 0.25) is 0 Å². The molecule has 5 nitrogen and oxygen atoms in total. The minimum Gasteiger partial charge on any atom is -0.497 e. The predicted octanol–water partition coefficient (Wildman–Crippen LogP) is 4.28. The fourth-order valence-electron chi connectivity index (χ4n) is 3.19. The van der Waals surface area contributed by atoms with Gasteiger partial charge in [0, 0.05) is 22.3 Å². The van der Waals surface area contributed by atoms with Gasteiger partial charge in [0.05, 0.1) is 21.3 Å². The van der Waals surface area contributed by atoms with Crippen LogP contribution in [0, 0.1) is 23.7 Å². The van der Waals surface area contributed by atoms with E-state index >= 15 is 0 Å². The molecule has 3 aromatic rings. The Bertz CT molecular complexity index is 1180. The average Bonchev–Trinajstić information content (AvgIpc) is 2.85. The molecule has 0 saturated heterocycles. The van der Waals surface area contributed by atoms with Crippen LogP contribution in [0.4, 0.5) is 0 Å². The predicted molar refractivity (Wildman–Crippen MR) is 122 cm³/mol. The maximum atomic E-state index is 5.63. The standard InChI is InChI=1S/C27H22O5/c1-28-23-15-21(6-4-19-8-10-24(29-2)26(17-19)30-3)14-22(16-23)7-5-20-9-11-25-27(18-20)32-13-12-31-25/h8-11,14-18H,12-13H2,1-3H3. The van der Waals surface area contributed by atoms with E-state index in [4.69, 9.17) is 23.7 Å². The van der Waals surface area contributed by atoms with Crippen molar-refractivity contribution in [1.29, 1.82) is 0 Å². The molecule has 1 heterocycles. The molecule has 0 bridgehead atoms. The monoisotopic (exact) mass is 426 g/mol. The molecule has 0 atom stereocenters. The van der Waals surface area contributed by atoms with Gasteiger partial charge >= 0.3 is 0 Å². The average molecular weight is 426 g/mol. The highest BCUT2D eigenvalue weighted by Crippen LogP contribution is 2.30. The van der Waals surface area contributed by atoms with Gasteiger partial charge in [-0.3, -0.25) is 0 Å². The highest BCUT2D eigenvalue weighted by molar-refractivity contribution is 5.55. The van der Waals surface area contributed by atoms with Crippen LogP contribution in [-0.4, -0.2) is 34.5 Å². The maximum absolute atomic E-state index is 5.63. The number of ether oxygens (including phenoxy) is 5. The van der Waals surface area contributed by atoms with Gasteiger partial charge in [-0.25, -0.2) is 0 Å². The number of benzene rings is 3. The minimum absolute atomic E-state index is 0.544. The van der Waals surface area contributed by atoms with Gasteiger partial charge < -0.3 is 23.7 Å². The molecule has 32 heavy (non-hydrogen) atoms. The normalized spacial score (nSPS) is 11.3. The maximum Gasteiger partial charge on any atom is 0.162 e. The number of hydrogen-bond donors (Lipinski definition) is 0. The summed E-state index contributed by atoms with van der Waals surface area (Å²) in [6.45, 7) is 1.11. The van der Waals surface area contributed by atoms with Gasteiger partial charge in [0.25, 0.3) is 0 Å². The van der Waals surface area contributed by atoms with Crippen molar-refractivity contribution in [1.82, 2.24) is 0 Å². The second kappa shape index (κ2) is 9.73. The summed E-state index contributed by atoms with van der Waals surface area (Å²) in [5, 5.41) is 0. The van der Waals surface area contributed by atoms with Crippen LogP contribution in [0.15, 0.2) is 54.6 Å². The van der Waals surface area contributed by atoms with Crippen LogP contribution in [-0.2, 0) is 0 Å². The van der Waals surface area contributed by atoms with Crippen LogP contribution in [0.3, 0.4) is 0 Å². The third-order valence-electron chi connectivity index (χ3n) is 4.77. The van der Waals surface area contributed by atoms with E-state index in [1.807, 2.05) is 54.6 Å². The van der Waals surface area contributed by atoms with Gasteiger partial charge in [0.15, 0.2) is 23.0 Å². The van der Waals surface area contributed by atoms with E-state index in [1.165, 1.54) is 0 Å². The molecule has 0 aliphatic carbocycles. The van der Waals surface area contributed by atoms with Crippen LogP contribution in [0.25, 0.3) is 0 Å². The molecule has 1 aliphatic heterocycles. The lowest BCUT2D eigenvalue weighted by Crippen LogP contribution is -2.15. The van der Waals surface area contributed by atoms with Crippen molar-refractivity contribution in [3.05, 3.63) is 76.9 Å². The number of methoxy groups -OCH3 is 3. The van der Waals surface area contributed by atoms with Gasteiger partial charge in [0.1, 0.15) is 19.0 Å². The Morgan fingerprint density at radius 2 is 1.16 bits per heavy atom. The molecule has 160 valence electrons. The van der Waals surface area contributed by atoms with Gasteiger partial charge in [-0.2, -0.15) is 0 Å². The summed E-state index contributed by atoms with van der Waals surface area (Å²) in [4.78, 5) is 0. The summed E-state index contributed by atoms with van der Waals surface area (Å²) in [6, 6.07) is 16.9. The second-order valence-electron chi connectivity index (χ2n) is 6.88. The Labute approximate surface area is 187 Å². The fourth-order valence-corrected chi connectivity index (χ4v) is 3.19. The number of fused-ring (bicyclic) bond motifs is 1. The lowest BCUT2D eigenvalue weighted by molar-refractivity contribution is 0.171. The van der Waals surface area contributed by atoms with Crippen molar-refractivity contribution in [2.45, 2.75) is 0 Å². The molecular weight excluding hydrogens is 404 g/mol. The van der Waals surface area contributed by atoms with Crippen molar-refractivity contribution < 1.29 is 23.7 Å². The van der Waals surface area contributed by atoms with Gasteiger partial charge in [0.2, 0.25) is 0 Å². The molecule has 5 heteroatoms. The second-order valence-corrected chi connectivity index (χ2v) is 6.88. The van der Waals surface area contributed by atoms with Gasteiger partial charge in [-0.15, -0.1) is 0 Å². The molecule has 0 aromatic heterocycles. The molecule has 0 amide bonds. The molecule has 0 unspecified atom stereocenters. The molecule has 0 spiro atoms. The largest absolute Gasteiger partial charge is 0.497 e. The lowest BCUT2D eigenvalue weighted by Gasteiger charge is -2.17. The summed E-state index contributed by atoms with van der Waals surface area (Å²) in [7, 11) is 4.83. The van der Waals surface area contributed by atoms with Crippen LogP contribution in [0.1, 0.15) is 22.3 Å². The first-order valence-corrected chi connectivity index (χ1v) is 10.0. The molecule has 0 radical (unpaired) electrons. The Balaban J connectivity index is 1.61. The minimum atomic E-state index is 0.544. The van der Waals surface area contributed by atoms with E-state index in [-0.39, 0.29) is 0 Å². The smallest absolute Gasteiger partial charge is 0.162 e. The molecule has 0 N–H and O–H groups in total. The molecular formula is C27H22O5. The Morgan fingerprint density at radius 1 is 0.562 bits per heavy atom. The fraction of sp³-hybridized carbons (Fsp3) is 0.185. The summed E-state index contributed by atoms with van der Waals surface area (Å²) in [5.74, 6) is 16.1. The van der Waals surface area contributed by atoms with Crippen LogP contribution >= 0.6 is 0 Å². The highest BCUT2D eigenvalue weighted by atomic mass is 16.6. The first-order valence-electron chi connectivity index (χ1n) is 10.0. The van der Waals surface area contributed by atoms with Crippen molar-refractivity contribution in [2.75, 3.05) is 34.5 Å². The Kier molecular flexibility index (Phi) is 6.39. The van der Waals surface area contributed by atoms with Crippen molar-refractivity contribution in [2.24, 2.45) is 0 Å². The molecule has 3 aromatic carbocycles. The van der Waals surface area contributed by atoms with E-state index < -0.39 is 0 Å². The zero-order chi connectivity index (χ0) is 22.3. The van der Waals surface area contributed by atoms with E-state index in [0.717, 1.165) is 33.8 Å². The zero-order valence-electron chi connectivity index (χ0n) is 18.2. The quantitative estimate of drug-likeness (QED) is 0.585. The SMILES string of the molecule is COc1cc(C#Cc2ccc(OC)c(OC)c2)cc(C#Cc2ccc3c(c2)OCCO3)c1. The summed E-state index contributed by atoms with van der Waals surface area (Å²) in [5.41, 5.74) is 3.26. The van der Waals surface area contributed by atoms with Crippen LogP contribution in [0.5, 0.6) is 28.7 Å². The van der Waals surface area contributed by atoms with Crippen molar-refractivity contribution in [3.63, 3.8) is 0 Å². The summed E-state index contributed by atoms with van der Waals surface area (Å²) in [6.07, 6.45) is 0. The lowest BCUT2D eigenvalue weighted by atomic mass is 10.1. The van der Waals surface area contributed by atoms with E-state index in [9.17, 15) is 0 Å². The topological polar surface area (TPSA) is 46.2 Å². The molecule has 1 aliphatic rings. The first kappa shape index (κ1) is 21.0. The highest BCUT2D eigenvalue weighted by Gasteiger charge is 2.10. The molecule has 0 fully saturated rings. The third-order valence-corrected chi connectivity index (χ3v) is 4.77. The molecule has 0 saturated carbocycles. The zero-order valence-corrected chi connectivity index (χ0v) is 18.2. The number of rotatable bonds is 3. The van der Waals surface area contributed by atoms with Crippen LogP contribution < -0.4 is 23.7 Å². The summed E-state index contributed by atoms with van der Waals surface area (Å²) >= 11 is 0. The van der Waals surface area contributed by atoms with E-state index in [1.54, 1.807) is 21.3 Å². The third kappa shape index (κ3) is 4.91. The first-order chi connectivity index (χ1) is 15.7. The Morgan fingerprint density at radius 3 is 1.81 bits per heavy atom. The van der Waals surface area contributed by atoms with Crippen molar-refractivity contribution in [3.8, 4) is 52.4 Å². The number of hydrogen-bond acceptors (Lipinski definition) is 5. The van der Waals surface area contributed by atoms with E-state index in [2.05, 4.69) is 23.7 Å². The van der Waals surface area contributed by atoms with Gasteiger partial charge in [-0.05, 0) is 54.6 Å².